The molecule has 186 valence electrons. The van der Waals surface area contributed by atoms with Gasteiger partial charge in [0.25, 0.3) is 10.0 Å². The molecule has 0 unspecified atom stereocenters. The smallest absolute Gasteiger partial charge is 0.263 e. The van der Waals surface area contributed by atoms with Crippen LogP contribution >= 0.6 is 22.9 Å². The van der Waals surface area contributed by atoms with Gasteiger partial charge in [0.05, 0.1) is 17.7 Å². The molecule has 0 aliphatic carbocycles. The lowest BCUT2D eigenvalue weighted by Crippen LogP contribution is -2.49. The average Bonchev–Trinajstić information content (AvgIpc) is 3.30. The molecule has 11 heteroatoms. The molecule has 2 aromatic carbocycles. The van der Waals surface area contributed by atoms with Crippen molar-refractivity contribution in [2.24, 2.45) is 0 Å². The van der Waals surface area contributed by atoms with Crippen molar-refractivity contribution in [1.82, 2.24) is 9.88 Å². The number of hydrogen-bond donors (Lipinski definition) is 1. The zero-order chi connectivity index (χ0) is 25.0. The summed E-state index contributed by atoms with van der Waals surface area (Å²) in [5.41, 5.74) is 2.96. The van der Waals surface area contributed by atoms with Gasteiger partial charge in [0.2, 0.25) is 5.91 Å². The predicted octanol–water partition coefficient (Wildman–Crippen LogP) is 4.20. The molecule has 4 rings (SSSR count). The number of nitrogens with one attached hydrogen (secondary N) is 1. The van der Waals surface area contributed by atoms with Gasteiger partial charge in [-0.15, -0.1) is 11.3 Å². The van der Waals surface area contributed by atoms with Crippen molar-refractivity contribution in [3.63, 3.8) is 0 Å². The summed E-state index contributed by atoms with van der Waals surface area (Å²) in [6.07, 6.45) is 0.776. The third kappa shape index (κ3) is 6.25. The summed E-state index contributed by atoms with van der Waals surface area (Å²) in [5.74, 6) is 0.645. The van der Waals surface area contributed by atoms with Crippen LogP contribution in [-0.4, -0.2) is 57.5 Å². The van der Waals surface area contributed by atoms with Crippen molar-refractivity contribution in [3.8, 4) is 5.75 Å². The van der Waals surface area contributed by atoms with Gasteiger partial charge in [-0.2, -0.15) is 0 Å². The highest BCUT2D eigenvalue weighted by Crippen LogP contribution is 2.26. The van der Waals surface area contributed by atoms with Crippen molar-refractivity contribution >= 4 is 49.7 Å². The van der Waals surface area contributed by atoms with E-state index >= 15 is 0 Å². The summed E-state index contributed by atoms with van der Waals surface area (Å²) in [7, 11) is -2.23. The van der Waals surface area contributed by atoms with Crippen LogP contribution in [0.1, 0.15) is 17.7 Å². The van der Waals surface area contributed by atoms with Gasteiger partial charge in [0, 0.05) is 48.7 Å². The van der Waals surface area contributed by atoms with Gasteiger partial charge in [-0.1, -0.05) is 17.7 Å². The number of anilines is 2. The largest absolute Gasteiger partial charge is 0.497 e. The fraction of sp³-hybridized carbons (Fsp3) is 0.333. The second-order valence-electron chi connectivity index (χ2n) is 8.22. The second-order valence-corrected chi connectivity index (χ2v) is 11.2. The highest BCUT2D eigenvalue weighted by molar-refractivity contribution is 7.93. The summed E-state index contributed by atoms with van der Waals surface area (Å²) in [5, 5.41) is 2.76. The Labute approximate surface area is 214 Å². The SMILES string of the molecule is COc1ccc(S(=O)(=O)Nc2nc(CCC(=O)N3CCN(c4cc(Cl)ccc4C)CC3)cs2)cc1. The van der Waals surface area contributed by atoms with Gasteiger partial charge in [0.15, 0.2) is 5.13 Å². The zero-order valence-corrected chi connectivity index (χ0v) is 21.9. The van der Waals surface area contributed by atoms with Crippen LogP contribution in [-0.2, 0) is 21.2 Å². The highest BCUT2D eigenvalue weighted by Gasteiger charge is 2.23. The Morgan fingerprint density at radius 2 is 1.86 bits per heavy atom. The first-order valence-electron chi connectivity index (χ1n) is 11.2. The Morgan fingerprint density at radius 1 is 1.14 bits per heavy atom. The van der Waals surface area contributed by atoms with E-state index in [1.165, 1.54) is 30.6 Å². The molecule has 1 fully saturated rings. The van der Waals surface area contributed by atoms with Crippen LogP contribution in [0.15, 0.2) is 52.7 Å². The molecular formula is C24H27ClN4O4S2. The molecule has 1 aliphatic rings. The van der Waals surface area contributed by atoms with E-state index in [0.29, 0.717) is 42.4 Å². The Balaban J connectivity index is 1.28. The van der Waals surface area contributed by atoms with E-state index in [9.17, 15) is 13.2 Å². The van der Waals surface area contributed by atoms with Crippen LogP contribution < -0.4 is 14.4 Å². The number of piperazine rings is 1. The average molecular weight is 535 g/mol. The third-order valence-electron chi connectivity index (χ3n) is 5.88. The molecule has 1 amide bonds. The van der Waals surface area contributed by atoms with Gasteiger partial charge in [0.1, 0.15) is 5.75 Å². The molecule has 0 saturated carbocycles. The summed E-state index contributed by atoms with van der Waals surface area (Å²) in [4.78, 5) is 21.4. The topological polar surface area (TPSA) is 91.8 Å². The molecule has 8 nitrogen and oxygen atoms in total. The number of rotatable bonds is 8. The number of carbonyl (C=O) groups excluding carboxylic acids is 1. The number of ether oxygens (including phenoxy) is 1. The van der Waals surface area contributed by atoms with E-state index in [1.54, 1.807) is 17.5 Å². The van der Waals surface area contributed by atoms with Crippen LogP contribution in [0.4, 0.5) is 10.8 Å². The van der Waals surface area contributed by atoms with Crippen LogP contribution in [0.2, 0.25) is 5.02 Å². The third-order valence-corrected chi connectivity index (χ3v) is 8.41. The number of halogens is 1. The highest BCUT2D eigenvalue weighted by atomic mass is 35.5. The quantitative estimate of drug-likeness (QED) is 0.466. The summed E-state index contributed by atoms with van der Waals surface area (Å²) < 4.78 is 32.8. The van der Waals surface area contributed by atoms with Gasteiger partial charge in [-0.3, -0.25) is 9.52 Å². The number of aryl methyl sites for hydroxylation is 2. The van der Waals surface area contributed by atoms with E-state index in [0.717, 1.165) is 24.3 Å². The lowest BCUT2D eigenvalue weighted by Gasteiger charge is -2.37. The number of nitrogens with zero attached hydrogens (tertiary/aromatic N) is 3. The number of carbonyl (C=O) groups is 1. The number of benzene rings is 2. The Kier molecular flexibility index (Phi) is 7.83. The molecule has 3 aromatic rings. The number of methoxy groups -OCH3 is 1. The Bertz CT molecular complexity index is 1290. The normalized spacial score (nSPS) is 14.1. The summed E-state index contributed by atoms with van der Waals surface area (Å²) >= 11 is 7.35. The van der Waals surface area contributed by atoms with Crippen molar-refractivity contribution in [3.05, 3.63) is 64.1 Å². The number of sulfonamides is 1. The molecule has 1 aromatic heterocycles. The van der Waals surface area contributed by atoms with E-state index < -0.39 is 10.0 Å². The van der Waals surface area contributed by atoms with Crippen molar-refractivity contribution in [1.29, 1.82) is 0 Å². The first kappa shape index (κ1) is 25.3. The molecule has 2 heterocycles. The Hall–Kier alpha value is -2.82. The fourth-order valence-corrected chi connectivity index (χ4v) is 6.07. The molecule has 1 aliphatic heterocycles. The first-order valence-corrected chi connectivity index (χ1v) is 13.9. The minimum atomic E-state index is -3.75. The zero-order valence-electron chi connectivity index (χ0n) is 19.5. The summed E-state index contributed by atoms with van der Waals surface area (Å²) in [6.45, 7) is 4.85. The maximum absolute atomic E-state index is 12.7. The standard InChI is InChI=1S/C24H27ClN4O4S2/c1-17-3-4-18(25)15-22(17)28-11-13-29(14-12-28)23(30)10-5-19-16-34-24(26-19)27-35(31,32)21-8-6-20(33-2)7-9-21/h3-4,6-9,15-16H,5,10-14H2,1-2H3,(H,26,27). The van der Waals surface area contributed by atoms with Crippen molar-refractivity contribution in [2.45, 2.75) is 24.7 Å². The van der Waals surface area contributed by atoms with Crippen molar-refractivity contribution < 1.29 is 17.9 Å². The monoisotopic (exact) mass is 534 g/mol. The Morgan fingerprint density at radius 3 is 2.54 bits per heavy atom. The van der Waals surface area contributed by atoms with E-state index in [2.05, 4.69) is 21.5 Å². The van der Waals surface area contributed by atoms with Crippen molar-refractivity contribution in [2.75, 3.05) is 42.9 Å². The van der Waals surface area contributed by atoms with Crippen LogP contribution in [0, 0.1) is 6.92 Å². The lowest BCUT2D eigenvalue weighted by molar-refractivity contribution is -0.131. The fourth-order valence-electron chi connectivity index (χ4n) is 3.91. The van der Waals surface area contributed by atoms with E-state index in [-0.39, 0.29) is 15.9 Å². The lowest BCUT2D eigenvalue weighted by atomic mass is 10.1. The number of aromatic nitrogens is 1. The second kappa shape index (κ2) is 10.8. The number of amides is 1. The van der Waals surface area contributed by atoms with E-state index in [4.69, 9.17) is 16.3 Å². The molecule has 0 radical (unpaired) electrons. The molecule has 0 atom stereocenters. The van der Waals surface area contributed by atoms with E-state index in [1.807, 2.05) is 23.1 Å². The molecule has 35 heavy (non-hydrogen) atoms. The van der Waals surface area contributed by atoms with Gasteiger partial charge < -0.3 is 14.5 Å². The van der Waals surface area contributed by atoms with Crippen LogP contribution in [0.25, 0.3) is 0 Å². The maximum Gasteiger partial charge on any atom is 0.263 e. The van der Waals surface area contributed by atoms with Crippen LogP contribution in [0.5, 0.6) is 5.75 Å². The molecule has 0 spiro atoms. The van der Waals surface area contributed by atoms with Crippen LogP contribution in [0.3, 0.4) is 0 Å². The molecule has 1 saturated heterocycles. The maximum atomic E-state index is 12.7. The predicted molar refractivity (Wildman–Crippen MR) is 139 cm³/mol. The molecule has 1 N–H and O–H groups in total. The molecule has 0 bridgehead atoms. The molecular weight excluding hydrogens is 508 g/mol. The number of hydrogen-bond acceptors (Lipinski definition) is 7. The van der Waals surface area contributed by atoms with Gasteiger partial charge in [-0.05, 0) is 55.3 Å². The summed E-state index contributed by atoms with van der Waals surface area (Å²) in [6, 6.07) is 12.0. The van der Waals surface area contributed by atoms with Gasteiger partial charge >= 0.3 is 0 Å². The minimum Gasteiger partial charge on any atom is -0.497 e. The minimum absolute atomic E-state index is 0.0702. The first-order chi connectivity index (χ1) is 16.7. The number of thiazole rings is 1. The van der Waals surface area contributed by atoms with Gasteiger partial charge in [-0.25, -0.2) is 13.4 Å².